The van der Waals surface area contributed by atoms with E-state index in [0.29, 0.717) is 0 Å². The zero-order chi connectivity index (χ0) is 9.68. The van der Waals surface area contributed by atoms with E-state index >= 15 is 0 Å². The van der Waals surface area contributed by atoms with Crippen LogP contribution in [0, 0.1) is 0 Å². The van der Waals surface area contributed by atoms with Gasteiger partial charge in [-0.3, -0.25) is 0 Å². The standard InChI is InChI=1S/C11H15FO/c1-9(12)11-6-2-4-10(8-11)5-3-7-13/h2,4,6,8-9,13H,3,5,7H2,1H3. The molecule has 72 valence electrons. The predicted octanol–water partition coefficient (Wildman–Crippen LogP) is 2.64. The van der Waals surface area contributed by atoms with Crippen molar-refractivity contribution < 1.29 is 9.50 Å². The van der Waals surface area contributed by atoms with Crippen LogP contribution in [0.5, 0.6) is 0 Å². The third-order valence-corrected chi connectivity index (χ3v) is 2.03. The molecule has 0 aliphatic heterocycles. The van der Waals surface area contributed by atoms with E-state index in [1.807, 2.05) is 18.2 Å². The molecule has 0 saturated heterocycles. The highest BCUT2D eigenvalue weighted by Gasteiger charge is 2.02. The van der Waals surface area contributed by atoms with Crippen LogP contribution in [0.1, 0.15) is 30.6 Å². The van der Waals surface area contributed by atoms with Gasteiger partial charge in [0.15, 0.2) is 0 Å². The van der Waals surface area contributed by atoms with Gasteiger partial charge in [0.25, 0.3) is 0 Å². The Morgan fingerprint density at radius 2 is 2.23 bits per heavy atom. The number of hydrogen-bond donors (Lipinski definition) is 1. The molecule has 0 amide bonds. The van der Waals surface area contributed by atoms with Gasteiger partial charge in [0.2, 0.25) is 0 Å². The van der Waals surface area contributed by atoms with E-state index in [2.05, 4.69) is 0 Å². The normalized spacial score (nSPS) is 12.8. The summed E-state index contributed by atoms with van der Waals surface area (Å²) in [5, 5.41) is 8.63. The minimum absolute atomic E-state index is 0.190. The lowest BCUT2D eigenvalue weighted by molar-refractivity contribution is 0.288. The van der Waals surface area contributed by atoms with Gasteiger partial charge in [-0.1, -0.05) is 24.3 Å². The van der Waals surface area contributed by atoms with Gasteiger partial charge >= 0.3 is 0 Å². The summed E-state index contributed by atoms with van der Waals surface area (Å²) >= 11 is 0. The van der Waals surface area contributed by atoms with E-state index in [9.17, 15) is 4.39 Å². The highest BCUT2D eigenvalue weighted by Crippen LogP contribution is 2.17. The summed E-state index contributed by atoms with van der Waals surface area (Å²) in [5.41, 5.74) is 1.81. The Bertz CT molecular complexity index is 258. The smallest absolute Gasteiger partial charge is 0.122 e. The van der Waals surface area contributed by atoms with Crippen molar-refractivity contribution in [2.45, 2.75) is 25.9 Å². The maximum absolute atomic E-state index is 12.9. The Kier molecular flexibility index (Phi) is 3.90. The second-order valence-corrected chi connectivity index (χ2v) is 3.19. The molecule has 0 aromatic heterocycles. The number of aliphatic hydroxyl groups excluding tert-OH is 1. The monoisotopic (exact) mass is 182 g/mol. The summed E-state index contributed by atoms with van der Waals surface area (Å²) in [5.74, 6) is 0. The van der Waals surface area contributed by atoms with Crippen molar-refractivity contribution in [1.29, 1.82) is 0 Å². The largest absolute Gasteiger partial charge is 0.396 e. The van der Waals surface area contributed by atoms with Crippen LogP contribution in [0.25, 0.3) is 0 Å². The first-order valence-electron chi connectivity index (χ1n) is 4.58. The molecule has 0 saturated carbocycles. The Morgan fingerprint density at radius 3 is 2.85 bits per heavy atom. The maximum atomic E-state index is 12.9. The number of rotatable bonds is 4. The highest BCUT2D eigenvalue weighted by atomic mass is 19.1. The molecular formula is C11H15FO. The quantitative estimate of drug-likeness (QED) is 0.759. The molecule has 0 heterocycles. The van der Waals surface area contributed by atoms with E-state index in [-0.39, 0.29) is 6.61 Å². The lowest BCUT2D eigenvalue weighted by Crippen LogP contribution is -1.92. The molecule has 0 radical (unpaired) electrons. The molecule has 1 nitrogen and oxygen atoms in total. The summed E-state index contributed by atoms with van der Waals surface area (Å²) in [4.78, 5) is 0. The van der Waals surface area contributed by atoms with E-state index in [1.54, 1.807) is 6.07 Å². The molecule has 0 bridgehead atoms. The van der Waals surface area contributed by atoms with Crippen molar-refractivity contribution in [2.75, 3.05) is 6.61 Å². The number of hydrogen-bond acceptors (Lipinski definition) is 1. The molecule has 2 heteroatoms. The summed E-state index contributed by atoms with van der Waals surface area (Å²) in [6, 6.07) is 7.47. The van der Waals surface area contributed by atoms with Crippen molar-refractivity contribution in [3.63, 3.8) is 0 Å². The minimum Gasteiger partial charge on any atom is -0.396 e. The van der Waals surface area contributed by atoms with Gasteiger partial charge in [-0.05, 0) is 30.9 Å². The molecule has 13 heavy (non-hydrogen) atoms. The lowest BCUT2D eigenvalue weighted by atomic mass is 10.0. The number of benzene rings is 1. The molecule has 1 aromatic rings. The fourth-order valence-electron chi connectivity index (χ4n) is 1.28. The molecule has 0 spiro atoms. The fourth-order valence-corrected chi connectivity index (χ4v) is 1.28. The second-order valence-electron chi connectivity index (χ2n) is 3.19. The Balaban J connectivity index is 2.68. The molecule has 1 atom stereocenters. The number of halogens is 1. The van der Waals surface area contributed by atoms with Crippen molar-refractivity contribution >= 4 is 0 Å². The Labute approximate surface area is 78.2 Å². The third kappa shape index (κ3) is 3.15. The van der Waals surface area contributed by atoms with Crippen LogP contribution in [-0.4, -0.2) is 11.7 Å². The summed E-state index contributed by atoms with van der Waals surface area (Å²) in [6.45, 7) is 1.72. The SMILES string of the molecule is CC(F)c1cccc(CCCO)c1. The third-order valence-electron chi connectivity index (χ3n) is 2.03. The van der Waals surface area contributed by atoms with Crippen LogP contribution in [0.4, 0.5) is 4.39 Å². The fraction of sp³-hybridized carbons (Fsp3) is 0.455. The number of aliphatic hydroxyl groups is 1. The van der Waals surface area contributed by atoms with Crippen LogP contribution in [0.3, 0.4) is 0 Å². The molecule has 1 aromatic carbocycles. The molecular weight excluding hydrogens is 167 g/mol. The van der Waals surface area contributed by atoms with Crippen LogP contribution < -0.4 is 0 Å². The minimum atomic E-state index is -0.908. The molecule has 0 fully saturated rings. The second kappa shape index (κ2) is 4.97. The topological polar surface area (TPSA) is 20.2 Å². The van der Waals surface area contributed by atoms with Crippen LogP contribution in [0.2, 0.25) is 0 Å². The average molecular weight is 182 g/mol. The van der Waals surface area contributed by atoms with Gasteiger partial charge < -0.3 is 5.11 Å². The molecule has 1 N–H and O–H groups in total. The molecule has 1 unspecified atom stereocenters. The molecule has 0 aliphatic carbocycles. The molecule has 0 aliphatic rings. The van der Waals surface area contributed by atoms with Crippen molar-refractivity contribution in [1.82, 2.24) is 0 Å². The van der Waals surface area contributed by atoms with Gasteiger partial charge in [0.1, 0.15) is 6.17 Å². The summed E-state index contributed by atoms with van der Waals surface area (Å²) in [6.07, 6.45) is 0.648. The van der Waals surface area contributed by atoms with E-state index in [1.165, 1.54) is 6.92 Å². The van der Waals surface area contributed by atoms with Crippen molar-refractivity contribution in [3.8, 4) is 0 Å². The first-order valence-corrected chi connectivity index (χ1v) is 4.58. The maximum Gasteiger partial charge on any atom is 0.122 e. The van der Waals surface area contributed by atoms with Gasteiger partial charge in [-0.2, -0.15) is 0 Å². The zero-order valence-electron chi connectivity index (χ0n) is 7.83. The zero-order valence-corrected chi connectivity index (χ0v) is 7.83. The predicted molar refractivity (Wildman–Crippen MR) is 51.4 cm³/mol. The lowest BCUT2D eigenvalue weighted by Gasteiger charge is -2.04. The van der Waals surface area contributed by atoms with E-state index in [4.69, 9.17) is 5.11 Å². The van der Waals surface area contributed by atoms with Crippen LogP contribution >= 0.6 is 0 Å². The van der Waals surface area contributed by atoms with Crippen LogP contribution in [-0.2, 0) is 6.42 Å². The Hall–Kier alpha value is -0.890. The van der Waals surface area contributed by atoms with Gasteiger partial charge in [-0.15, -0.1) is 0 Å². The number of alkyl halides is 1. The van der Waals surface area contributed by atoms with E-state index < -0.39 is 6.17 Å². The van der Waals surface area contributed by atoms with Gasteiger partial charge in [0, 0.05) is 6.61 Å². The van der Waals surface area contributed by atoms with Crippen LogP contribution in [0.15, 0.2) is 24.3 Å². The number of aryl methyl sites for hydroxylation is 1. The average Bonchev–Trinajstić information content (AvgIpc) is 2.15. The summed E-state index contributed by atoms with van der Waals surface area (Å²) < 4.78 is 12.9. The highest BCUT2D eigenvalue weighted by molar-refractivity contribution is 5.24. The van der Waals surface area contributed by atoms with Gasteiger partial charge in [-0.25, -0.2) is 4.39 Å². The summed E-state index contributed by atoms with van der Waals surface area (Å²) in [7, 11) is 0. The van der Waals surface area contributed by atoms with Crippen molar-refractivity contribution in [2.24, 2.45) is 0 Å². The van der Waals surface area contributed by atoms with Gasteiger partial charge in [0.05, 0.1) is 0 Å². The Morgan fingerprint density at radius 1 is 1.46 bits per heavy atom. The molecule has 1 rings (SSSR count). The first kappa shape index (κ1) is 10.2. The first-order chi connectivity index (χ1) is 6.24. The van der Waals surface area contributed by atoms with Crippen molar-refractivity contribution in [3.05, 3.63) is 35.4 Å². The van der Waals surface area contributed by atoms with E-state index in [0.717, 1.165) is 24.0 Å².